The summed E-state index contributed by atoms with van der Waals surface area (Å²) in [5, 5.41) is 4.62. The first kappa shape index (κ1) is 17.6. The van der Waals surface area contributed by atoms with Gasteiger partial charge in [0.05, 0.1) is 0 Å². The van der Waals surface area contributed by atoms with Gasteiger partial charge in [0, 0.05) is 48.7 Å². The van der Waals surface area contributed by atoms with E-state index in [9.17, 15) is 4.79 Å². The van der Waals surface area contributed by atoms with Gasteiger partial charge in [0.2, 0.25) is 0 Å². The minimum Gasteiger partial charge on any atom is -0.461 e. The van der Waals surface area contributed by atoms with Gasteiger partial charge in [0.25, 0.3) is 5.56 Å². The lowest BCUT2D eigenvalue weighted by molar-refractivity contribution is 0.548. The van der Waals surface area contributed by atoms with Crippen LogP contribution in [0.4, 0.5) is 5.82 Å². The highest BCUT2D eigenvalue weighted by atomic mass is 16.3. The minimum atomic E-state index is -0.164. The number of furan rings is 1. The lowest BCUT2D eigenvalue weighted by atomic mass is 10.0. The standard InChI is InChI=1S/C22H21N5O2/c1-13-8-20-24-14(2)9-21(28)27(20)25-22(13)26-7-6-18-17(12-26)10-16(11-23-18)19-5-4-15(3)29-19/h4-5,8-11H,6-7,12H2,1-3H3. The molecule has 146 valence electrons. The minimum absolute atomic E-state index is 0.164. The summed E-state index contributed by atoms with van der Waals surface area (Å²) in [5.41, 5.74) is 5.32. The van der Waals surface area contributed by atoms with Crippen LogP contribution < -0.4 is 10.5 Å². The van der Waals surface area contributed by atoms with Crippen LogP contribution in [0.2, 0.25) is 0 Å². The third kappa shape index (κ3) is 3.08. The molecular formula is C22H21N5O2. The zero-order valence-electron chi connectivity index (χ0n) is 16.6. The van der Waals surface area contributed by atoms with Gasteiger partial charge in [-0.25, -0.2) is 4.98 Å². The van der Waals surface area contributed by atoms with Gasteiger partial charge in [-0.3, -0.25) is 9.78 Å². The van der Waals surface area contributed by atoms with Gasteiger partial charge >= 0.3 is 0 Å². The van der Waals surface area contributed by atoms with Gasteiger partial charge in [-0.2, -0.15) is 4.52 Å². The Kier molecular flexibility index (Phi) is 3.97. The van der Waals surface area contributed by atoms with Crippen LogP contribution >= 0.6 is 0 Å². The molecule has 29 heavy (non-hydrogen) atoms. The summed E-state index contributed by atoms with van der Waals surface area (Å²) >= 11 is 0. The molecule has 0 bridgehead atoms. The van der Waals surface area contributed by atoms with Crippen LogP contribution in [0.25, 0.3) is 17.0 Å². The first-order valence-electron chi connectivity index (χ1n) is 9.66. The lowest BCUT2D eigenvalue weighted by Gasteiger charge is -2.30. The van der Waals surface area contributed by atoms with E-state index in [1.165, 1.54) is 10.6 Å². The number of rotatable bonds is 2. The SMILES string of the molecule is Cc1cc(=O)n2nc(N3CCc4ncc(-c5ccc(C)o5)cc4C3)c(C)cc2n1. The zero-order chi connectivity index (χ0) is 20.1. The topological polar surface area (TPSA) is 76.5 Å². The smallest absolute Gasteiger partial charge is 0.274 e. The Bertz CT molecular complexity index is 1300. The molecule has 0 atom stereocenters. The summed E-state index contributed by atoms with van der Waals surface area (Å²) in [4.78, 5) is 23.7. The predicted molar refractivity (Wildman–Crippen MR) is 110 cm³/mol. The number of hydrogen-bond acceptors (Lipinski definition) is 6. The number of hydrogen-bond donors (Lipinski definition) is 0. The molecule has 1 aliphatic rings. The van der Waals surface area contributed by atoms with Crippen LogP contribution in [0.5, 0.6) is 0 Å². The van der Waals surface area contributed by atoms with Crippen LogP contribution in [0, 0.1) is 20.8 Å². The first-order chi connectivity index (χ1) is 14.0. The molecule has 4 aromatic rings. The van der Waals surface area contributed by atoms with Gasteiger partial charge in [-0.05, 0) is 56.2 Å². The molecule has 0 unspecified atom stereocenters. The Morgan fingerprint density at radius 1 is 1.10 bits per heavy atom. The van der Waals surface area contributed by atoms with E-state index in [-0.39, 0.29) is 5.56 Å². The van der Waals surface area contributed by atoms with E-state index in [0.29, 0.717) is 17.9 Å². The third-order valence-corrected chi connectivity index (χ3v) is 5.31. The monoisotopic (exact) mass is 387 g/mol. The molecule has 5 rings (SSSR count). The molecule has 7 heteroatoms. The van der Waals surface area contributed by atoms with Crippen LogP contribution in [-0.4, -0.2) is 26.1 Å². The van der Waals surface area contributed by atoms with Crippen molar-refractivity contribution in [1.82, 2.24) is 19.6 Å². The highest BCUT2D eigenvalue weighted by Crippen LogP contribution is 2.28. The lowest BCUT2D eigenvalue weighted by Crippen LogP contribution is -2.33. The normalized spacial score (nSPS) is 13.7. The maximum Gasteiger partial charge on any atom is 0.274 e. The Morgan fingerprint density at radius 2 is 1.97 bits per heavy atom. The van der Waals surface area contributed by atoms with Crippen molar-refractivity contribution in [2.24, 2.45) is 0 Å². The van der Waals surface area contributed by atoms with Crippen molar-refractivity contribution >= 4 is 11.5 Å². The molecule has 5 heterocycles. The predicted octanol–water partition coefficient (Wildman–Crippen LogP) is 3.23. The number of aryl methyl sites for hydroxylation is 3. The molecule has 0 spiro atoms. The number of aromatic nitrogens is 4. The van der Waals surface area contributed by atoms with Crippen molar-refractivity contribution in [3.05, 3.63) is 75.2 Å². The fourth-order valence-corrected chi connectivity index (χ4v) is 3.88. The fraction of sp³-hybridized carbons (Fsp3) is 0.273. The molecule has 0 aliphatic carbocycles. The summed E-state index contributed by atoms with van der Waals surface area (Å²) in [7, 11) is 0. The second-order valence-electron chi connectivity index (χ2n) is 7.57. The summed E-state index contributed by atoms with van der Waals surface area (Å²) in [6.45, 7) is 7.24. The summed E-state index contributed by atoms with van der Waals surface area (Å²) in [6, 6.07) is 9.49. The molecule has 0 fully saturated rings. The van der Waals surface area contributed by atoms with E-state index in [1.807, 2.05) is 45.2 Å². The number of nitrogens with zero attached hydrogens (tertiary/aromatic N) is 5. The van der Waals surface area contributed by atoms with Crippen molar-refractivity contribution in [3.8, 4) is 11.3 Å². The van der Waals surface area contributed by atoms with E-state index in [0.717, 1.165) is 52.7 Å². The molecule has 0 aromatic carbocycles. The Morgan fingerprint density at radius 3 is 2.76 bits per heavy atom. The van der Waals surface area contributed by atoms with Crippen LogP contribution in [-0.2, 0) is 13.0 Å². The molecule has 4 aromatic heterocycles. The highest BCUT2D eigenvalue weighted by molar-refractivity contribution is 5.60. The number of pyridine rings is 1. The van der Waals surface area contributed by atoms with Crippen LogP contribution in [0.15, 0.2) is 45.7 Å². The molecule has 0 saturated carbocycles. The van der Waals surface area contributed by atoms with Crippen LogP contribution in [0.3, 0.4) is 0 Å². The average Bonchev–Trinajstić information content (AvgIpc) is 3.13. The molecule has 1 aliphatic heterocycles. The summed E-state index contributed by atoms with van der Waals surface area (Å²) < 4.78 is 7.13. The van der Waals surface area contributed by atoms with E-state index in [2.05, 4.69) is 26.0 Å². The summed E-state index contributed by atoms with van der Waals surface area (Å²) in [5.74, 6) is 2.50. The molecule has 0 saturated heterocycles. The Balaban J connectivity index is 1.53. The fourth-order valence-electron chi connectivity index (χ4n) is 3.88. The number of anilines is 1. The van der Waals surface area contributed by atoms with E-state index < -0.39 is 0 Å². The molecular weight excluding hydrogens is 366 g/mol. The quantitative estimate of drug-likeness (QED) is 0.526. The maximum atomic E-state index is 12.4. The van der Waals surface area contributed by atoms with Crippen LogP contribution in [0.1, 0.15) is 28.3 Å². The molecule has 0 N–H and O–H groups in total. The maximum absolute atomic E-state index is 12.4. The van der Waals surface area contributed by atoms with Gasteiger partial charge in [-0.1, -0.05) is 0 Å². The van der Waals surface area contributed by atoms with Crippen molar-refractivity contribution in [1.29, 1.82) is 0 Å². The van der Waals surface area contributed by atoms with Crippen molar-refractivity contribution in [3.63, 3.8) is 0 Å². The van der Waals surface area contributed by atoms with Crippen molar-refractivity contribution in [2.75, 3.05) is 11.4 Å². The largest absolute Gasteiger partial charge is 0.461 e. The van der Waals surface area contributed by atoms with Crippen molar-refractivity contribution in [2.45, 2.75) is 33.7 Å². The van der Waals surface area contributed by atoms with E-state index >= 15 is 0 Å². The Hall–Kier alpha value is -3.48. The average molecular weight is 387 g/mol. The molecule has 0 radical (unpaired) electrons. The second-order valence-corrected chi connectivity index (χ2v) is 7.57. The molecule has 7 nitrogen and oxygen atoms in total. The van der Waals surface area contributed by atoms with E-state index in [1.54, 1.807) is 0 Å². The number of fused-ring (bicyclic) bond motifs is 2. The van der Waals surface area contributed by atoms with Gasteiger partial charge < -0.3 is 9.32 Å². The van der Waals surface area contributed by atoms with Gasteiger partial charge in [-0.15, -0.1) is 5.10 Å². The molecule has 0 amide bonds. The highest BCUT2D eigenvalue weighted by Gasteiger charge is 2.22. The zero-order valence-corrected chi connectivity index (χ0v) is 16.6. The van der Waals surface area contributed by atoms with Gasteiger partial charge in [0.15, 0.2) is 11.5 Å². The third-order valence-electron chi connectivity index (χ3n) is 5.31. The van der Waals surface area contributed by atoms with Crippen molar-refractivity contribution < 1.29 is 4.42 Å². The Labute approximate surface area is 167 Å². The summed E-state index contributed by atoms with van der Waals surface area (Å²) in [6.07, 6.45) is 2.70. The van der Waals surface area contributed by atoms with Gasteiger partial charge in [0.1, 0.15) is 11.5 Å². The second kappa shape index (κ2) is 6.55. The van der Waals surface area contributed by atoms with E-state index in [4.69, 9.17) is 4.42 Å². The first-order valence-corrected chi connectivity index (χ1v) is 9.66.